The summed E-state index contributed by atoms with van der Waals surface area (Å²) in [5.41, 5.74) is 3.47. The van der Waals surface area contributed by atoms with Crippen LogP contribution in [0.5, 0.6) is 0 Å². The molecule has 17 heavy (non-hydrogen) atoms. The lowest BCUT2D eigenvalue weighted by Crippen LogP contribution is -1.99. The van der Waals surface area contributed by atoms with E-state index in [4.69, 9.17) is 0 Å². The highest BCUT2D eigenvalue weighted by Gasteiger charge is 2.01. The monoisotopic (exact) mass is 243 g/mol. The highest BCUT2D eigenvalue weighted by molar-refractivity contribution is 7.15. The van der Waals surface area contributed by atoms with E-state index in [0.29, 0.717) is 0 Å². The first-order valence-corrected chi connectivity index (χ1v) is 6.41. The van der Waals surface area contributed by atoms with E-state index in [-0.39, 0.29) is 0 Å². The number of nitrogens with zero attached hydrogens (tertiary/aromatic N) is 2. The van der Waals surface area contributed by atoms with Crippen molar-refractivity contribution in [2.24, 2.45) is 0 Å². The second-order valence-electron chi connectivity index (χ2n) is 4.05. The first kappa shape index (κ1) is 10.4. The molecule has 0 saturated heterocycles. The highest BCUT2D eigenvalue weighted by Crippen LogP contribution is 2.14. The lowest BCUT2D eigenvalue weighted by atomic mass is 10.2. The zero-order valence-electron chi connectivity index (χ0n) is 9.55. The van der Waals surface area contributed by atoms with E-state index in [0.717, 1.165) is 22.9 Å². The molecule has 0 aliphatic carbocycles. The van der Waals surface area contributed by atoms with Crippen molar-refractivity contribution in [2.45, 2.75) is 13.5 Å². The molecule has 2 aromatic heterocycles. The van der Waals surface area contributed by atoms with Crippen LogP contribution in [0.2, 0.25) is 0 Å². The molecule has 0 spiro atoms. The Labute approximate surface area is 104 Å². The lowest BCUT2D eigenvalue weighted by Gasteiger charge is -2.04. The molecule has 0 unspecified atom stereocenters. The Morgan fingerprint density at radius 2 is 2.35 bits per heavy atom. The standard InChI is InChI=1S/C13H13N3S/c1-10-3-2-4-11(7-10)14-8-12-9-16-5-6-17-13(16)15-12/h2-7,9,14H,8H2,1H3. The average Bonchev–Trinajstić information content (AvgIpc) is 2.86. The fourth-order valence-corrected chi connectivity index (χ4v) is 2.53. The van der Waals surface area contributed by atoms with Crippen molar-refractivity contribution in [1.29, 1.82) is 0 Å². The second-order valence-corrected chi connectivity index (χ2v) is 4.92. The van der Waals surface area contributed by atoms with Gasteiger partial charge in [0.15, 0.2) is 4.96 Å². The fourth-order valence-electron chi connectivity index (χ4n) is 1.81. The van der Waals surface area contributed by atoms with Crippen molar-refractivity contribution < 1.29 is 0 Å². The van der Waals surface area contributed by atoms with Crippen molar-refractivity contribution >= 4 is 22.0 Å². The maximum Gasteiger partial charge on any atom is 0.193 e. The maximum absolute atomic E-state index is 4.53. The molecule has 0 amide bonds. The SMILES string of the molecule is Cc1cccc(NCc2cn3ccsc3n2)c1. The number of benzene rings is 1. The van der Waals surface area contributed by atoms with E-state index in [1.807, 2.05) is 11.6 Å². The van der Waals surface area contributed by atoms with E-state index in [1.54, 1.807) is 11.3 Å². The summed E-state index contributed by atoms with van der Waals surface area (Å²) in [6, 6.07) is 8.37. The van der Waals surface area contributed by atoms with Gasteiger partial charge in [0.05, 0.1) is 12.2 Å². The Bertz CT molecular complexity index is 610. The van der Waals surface area contributed by atoms with Crippen molar-refractivity contribution in [2.75, 3.05) is 5.32 Å². The molecule has 4 heteroatoms. The molecule has 1 aromatic carbocycles. The molecule has 0 aliphatic heterocycles. The van der Waals surface area contributed by atoms with Crippen molar-refractivity contribution in [3.63, 3.8) is 0 Å². The quantitative estimate of drug-likeness (QED) is 0.764. The number of thiazole rings is 1. The van der Waals surface area contributed by atoms with Crippen LogP contribution in [-0.2, 0) is 6.54 Å². The summed E-state index contributed by atoms with van der Waals surface area (Å²) in [4.78, 5) is 5.58. The maximum atomic E-state index is 4.53. The summed E-state index contributed by atoms with van der Waals surface area (Å²) in [6.45, 7) is 2.86. The third kappa shape index (κ3) is 2.17. The topological polar surface area (TPSA) is 29.3 Å². The van der Waals surface area contributed by atoms with Crippen LogP contribution >= 0.6 is 11.3 Å². The van der Waals surface area contributed by atoms with Gasteiger partial charge in [-0.1, -0.05) is 12.1 Å². The third-order valence-corrected chi connectivity index (χ3v) is 3.41. The first-order chi connectivity index (χ1) is 8.31. The number of hydrogen-bond acceptors (Lipinski definition) is 3. The number of nitrogens with one attached hydrogen (secondary N) is 1. The predicted octanol–water partition coefficient (Wildman–Crippen LogP) is 3.32. The van der Waals surface area contributed by atoms with Gasteiger partial charge in [-0.2, -0.15) is 0 Å². The van der Waals surface area contributed by atoms with Crippen LogP contribution in [0.1, 0.15) is 11.3 Å². The summed E-state index contributed by atoms with van der Waals surface area (Å²) in [6.07, 6.45) is 4.10. The summed E-state index contributed by atoms with van der Waals surface area (Å²) in [5.74, 6) is 0. The van der Waals surface area contributed by atoms with Gasteiger partial charge < -0.3 is 5.32 Å². The second kappa shape index (κ2) is 4.22. The van der Waals surface area contributed by atoms with Crippen molar-refractivity contribution in [3.8, 4) is 0 Å². The smallest absolute Gasteiger partial charge is 0.193 e. The van der Waals surface area contributed by atoms with E-state index in [1.165, 1.54) is 5.56 Å². The number of aromatic nitrogens is 2. The molecule has 0 radical (unpaired) electrons. The number of anilines is 1. The third-order valence-electron chi connectivity index (χ3n) is 2.63. The van der Waals surface area contributed by atoms with Crippen LogP contribution in [0.4, 0.5) is 5.69 Å². The number of rotatable bonds is 3. The molecule has 0 saturated carbocycles. The lowest BCUT2D eigenvalue weighted by molar-refractivity contribution is 1.08. The summed E-state index contributed by atoms with van der Waals surface area (Å²) in [7, 11) is 0. The van der Waals surface area contributed by atoms with Gasteiger partial charge in [0.2, 0.25) is 0 Å². The number of imidazole rings is 1. The van der Waals surface area contributed by atoms with Gasteiger partial charge in [-0.25, -0.2) is 4.98 Å². The fraction of sp³-hybridized carbons (Fsp3) is 0.154. The molecule has 0 aliphatic rings. The van der Waals surface area contributed by atoms with Gasteiger partial charge in [0, 0.05) is 23.5 Å². The van der Waals surface area contributed by atoms with E-state index in [9.17, 15) is 0 Å². The van der Waals surface area contributed by atoms with E-state index < -0.39 is 0 Å². The summed E-state index contributed by atoms with van der Waals surface area (Å²) < 4.78 is 2.05. The normalized spacial score (nSPS) is 10.9. The Morgan fingerprint density at radius 1 is 1.41 bits per heavy atom. The molecule has 3 aromatic rings. The van der Waals surface area contributed by atoms with Gasteiger partial charge in [0.25, 0.3) is 0 Å². The Morgan fingerprint density at radius 3 is 3.18 bits per heavy atom. The minimum atomic E-state index is 0.762. The molecular weight excluding hydrogens is 230 g/mol. The summed E-state index contributed by atoms with van der Waals surface area (Å²) in [5, 5.41) is 5.42. The number of aryl methyl sites for hydroxylation is 1. The Balaban J connectivity index is 1.74. The van der Waals surface area contributed by atoms with Crippen LogP contribution in [0.25, 0.3) is 4.96 Å². The molecule has 2 heterocycles. The molecule has 86 valence electrons. The first-order valence-electron chi connectivity index (χ1n) is 5.53. The van der Waals surface area contributed by atoms with E-state index in [2.05, 4.69) is 52.1 Å². The van der Waals surface area contributed by atoms with Gasteiger partial charge >= 0.3 is 0 Å². The average molecular weight is 243 g/mol. The molecule has 0 bridgehead atoms. The van der Waals surface area contributed by atoms with Crippen LogP contribution in [0.15, 0.2) is 42.0 Å². The van der Waals surface area contributed by atoms with E-state index >= 15 is 0 Å². The van der Waals surface area contributed by atoms with Crippen LogP contribution in [0, 0.1) is 6.92 Å². The van der Waals surface area contributed by atoms with Gasteiger partial charge in [-0.05, 0) is 24.6 Å². The zero-order valence-corrected chi connectivity index (χ0v) is 10.4. The largest absolute Gasteiger partial charge is 0.379 e. The molecule has 3 nitrogen and oxygen atoms in total. The van der Waals surface area contributed by atoms with Crippen LogP contribution in [-0.4, -0.2) is 9.38 Å². The highest BCUT2D eigenvalue weighted by atomic mass is 32.1. The van der Waals surface area contributed by atoms with Crippen molar-refractivity contribution in [3.05, 3.63) is 53.3 Å². The van der Waals surface area contributed by atoms with Gasteiger partial charge in [0.1, 0.15) is 0 Å². The number of fused-ring (bicyclic) bond motifs is 1. The Hall–Kier alpha value is -1.81. The predicted molar refractivity (Wildman–Crippen MR) is 71.6 cm³/mol. The van der Waals surface area contributed by atoms with Crippen LogP contribution < -0.4 is 5.32 Å². The minimum absolute atomic E-state index is 0.762. The minimum Gasteiger partial charge on any atom is -0.379 e. The molecule has 0 atom stereocenters. The Kier molecular flexibility index (Phi) is 2.57. The molecule has 1 N–H and O–H groups in total. The summed E-state index contributed by atoms with van der Waals surface area (Å²) >= 11 is 1.66. The zero-order chi connectivity index (χ0) is 11.7. The van der Waals surface area contributed by atoms with Crippen LogP contribution in [0.3, 0.4) is 0 Å². The molecule has 3 rings (SSSR count). The molecule has 0 fully saturated rings. The number of hydrogen-bond donors (Lipinski definition) is 1. The van der Waals surface area contributed by atoms with Gasteiger partial charge in [-0.15, -0.1) is 11.3 Å². The molecular formula is C13H13N3S. The van der Waals surface area contributed by atoms with Crippen molar-refractivity contribution in [1.82, 2.24) is 9.38 Å². The van der Waals surface area contributed by atoms with Gasteiger partial charge in [-0.3, -0.25) is 4.40 Å².